The van der Waals surface area contributed by atoms with Gasteiger partial charge >= 0.3 is 0 Å². The Morgan fingerprint density at radius 3 is 3.05 bits per heavy atom. The summed E-state index contributed by atoms with van der Waals surface area (Å²) in [6.45, 7) is 3.99. The number of hydrogen-bond donors (Lipinski definition) is 0. The molecule has 2 aromatic rings. The van der Waals surface area contributed by atoms with Crippen molar-refractivity contribution in [2.45, 2.75) is 5.16 Å². The van der Waals surface area contributed by atoms with Crippen LogP contribution in [0.3, 0.4) is 0 Å². The van der Waals surface area contributed by atoms with Gasteiger partial charge in [-0.1, -0.05) is 30.5 Å². The second kappa shape index (κ2) is 6.03. The van der Waals surface area contributed by atoms with E-state index in [0.29, 0.717) is 5.56 Å². The highest BCUT2D eigenvalue weighted by Gasteiger charge is 1.99. The van der Waals surface area contributed by atoms with Crippen molar-refractivity contribution in [3.05, 3.63) is 59.8 Å². The first-order chi connectivity index (χ1) is 9.20. The minimum atomic E-state index is 0.632. The lowest BCUT2D eigenvalue weighted by Crippen LogP contribution is -1.86. The van der Waals surface area contributed by atoms with E-state index in [9.17, 15) is 0 Å². The van der Waals surface area contributed by atoms with Crippen molar-refractivity contribution in [2.75, 3.05) is 0 Å². The van der Waals surface area contributed by atoms with E-state index >= 15 is 0 Å². The number of thioether (sulfide) groups is 1. The molecular formula is C14H12N4S. The van der Waals surface area contributed by atoms with Crippen LogP contribution in [0.4, 0.5) is 0 Å². The van der Waals surface area contributed by atoms with E-state index in [1.165, 1.54) is 11.8 Å². The Hall–Kier alpha value is -2.32. The standard InChI is InChI=1S/C14H12N4S/c1-11(13-5-3-4-12(8-13)9-15)6-7-19-14-17-16-10-18(14)2/h3-8,10H,1H2,2H3/b7-6+. The first-order valence-electron chi connectivity index (χ1n) is 5.57. The van der Waals surface area contributed by atoms with Gasteiger partial charge in [0.1, 0.15) is 6.33 Å². The van der Waals surface area contributed by atoms with Crippen molar-refractivity contribution in [2.24, 2.45) is 7.05 Å². The number of hydrogen-bond acceptors (Lipinski definition) is 4. The van der Waals surface area contributed by atoms with Crippen LogP contribution in [0.15, 0.2) is 53.8 Å². The first kappa shape index (κ1) is 13.1. The predicted molar refractivity (Wildman–Crippen MR) is 76.2 cm³/mol. The number of nitriles is 1. The summed E-state index contributed by atoms with van der Waals surface area (Å²) >= 11 is 1.47. The Labute approximate surface area is 116 Å². The Morgan fingerprint density at radius 2 is 2.37 bits per heavy atom. The summed E-state index contributed by atoms with van der Waals surface area (Å²) in [5, 5.41) is 19.3. The largest absolute Gasteiger partial charge is 0.312 e. The zero-order valence-corrected chi connectivity index (χ0v) is 11.3. The number of benzene rings is 1. The molecule has 0 N–H and O–H groups in total. The van der Waals surface area contributed by atoms with Crippen LogP contribution < -0.4 is 0 Å². The summed E-state index contributed by atoms with van der Waals surface area (Å²) in [7, 11) is 1.89. The lowest BCUT2D eigenvalue weighted by atomic mass is 10.1. The van der Waals surface area contributed by atoms with Gasteiger partial charge in [0.25, 0.3) is 0 Å². The molecule has 5 heteroatoms. The second-order valence-corrected chi connectivity index (χ2v) is 4.74. The van der Waals surface area contributed by atoms with E-state index in [1.807, 2.05) is 41.3 Å². The molecular weight excluding hydrogens is 256 g/mol. The van der Waals surface area contributed by atoms with Crippen LogP contribution in [-0.2, 0) is 7.05 Å². The summed E-state index contributed by atoms with van der Waals surface area (Å²) in [6.07, 6.45) is 3.55. The number of allylic oxidation sites excluding steroid dienone is 2. The van der Waals surface area contributed by atoms with Crippen LogP contribution in [0.1, 0.15) is 11.1 Å². The van der Waals surface area contributed by atoms with Crippen molar-refractivity contribution in [1.29, 1.82) is 5.26 Å². The third-order valence-electron chi connectivity index (χ3n) is 2.47. The van der Waals surface area contributed by atoms with Crippen LogP contribution in [0.2, 0.25) is 0 Å². The maximum absolute atomic E-state index is 8.86. The molecule has 0 radical (unpaired) electrons. The Bertz CT molecular complexity index is 664. The lowest BCUT2D eigenvalue weighted by Gasteiger charge is -2.00. The lowest BCUT2D eigenvalue weighted by molar-refractivity contribution is 0.791. The highest BCUT2D eigenvalue weighted by molar-refractivity contribution is 8.02. The van der Waals surface area contributed by atoms with Gasteiger partial charge in [0, 0.05) is 7.05 Å². The molecule has 0 spiro atoms. The van der Waals surface area contributed by atoms with Crippen LogP contribution in [-0.4, -0.2) is 14.8 Å². The summed E-state index contributed by atoms with van der Waals surface area (Å²) in [5.41, 5.74) is 2.42. The van der Waals surface area contributed by atoms with Gasteiger partial charge < -0.3 is 4.57 Å². The maximum atomic E-state index is 8.86. The Balaban J connectivity index is 2.05. The minimum absolute atomic E-state index is 0.632. The second-order valence-electron chi connectivity index (χ2n) is 3.86. The van der Waals surface area contributed by atoms with E-state index in [-0.39, 0.29) is 0 Å². The minimum Gasteiger partial charge on any atom is -0.312 e. The molecule has 0 saturated carbocycles. The van der Waals surface area contributed by atoms with E-state index in [4.69, 9.17) is 5.26 Å². The van der Waals surface area contributed by atoms with Crippen LogP contribution in [0, 0.1) is 11.3 Å². The molecule has 0 unspecified atom stereocenters. The summed E-state index contributed by atoms with van der Waals surface area (Å²) in [4.78, 5) is 0. The molecule has 1 heterocycles. The van der Waals surface area contributed by atoms with Gasteiger partial charge in [-0.2, -0.15) is 5.26 Å². The van der Waals surface area contributed by atoms with E-state index in [0.717, 1.165) is 16.3 Å². The highest BCUT2D eigenvalue weighted by atomic mass is 32.2. The third-order valence-corrected chi connectivity index (χ3v) is 3.33. The van der Waals surface area contributed by atoms with Crippen molar-refractivity contribution < 1.29 is 0 Å². The van der Waals surface area contributed by atoms with E-state index in [1.54, 1.807) is 12.4 Å². The molecule has 4 nitrogen and oxygen atoms in total. The van der Waals surface area contributed by atoms with Gasteiger partial charge in [0.15, 0.2) is 5.16 Å². The topological polar surface area (TPSA) is 54.5 Å². The molecule has 0 aliphatic heterocycles. The molecule has 19 heavy (non-hydrogen) atoms. The van der Waals surface area contributed by atoms with Gasteiger partial charge in [0.05, 0.1) is 11.6 Å². The number of rotatable bonds is 4. The summed E-state index contributed by atoms with van der Waals surface area (Å²) < 4.78 is 1.84. The quantitative estimate of drug-likeness (QED) is 0.632. The van der Waals surface area contributed by atoms with Crippen molar-refractivity contribution in [3.63, 3.8) is 0 Å². The molecule has 0 aliphatic rings. The van der Waals surface area contributed by atoms with E-state index in [2.05, 4.69) is 22.8 Å². The van der Waals surface area contributed by atoms with Crippen LogP contribution in [0.5, 0.6) is 0 Å². The highest BCUT2D eigenvalue weighted by Crippen LogP contribution is 2.20. The third kappa shape index (κ3) is 3.33. The van der Waals surface area contributed by atoms with Gasteiger partial charge in [-0.05, 0) is 34.8 Å². The average molecular weight is 268 g/mol. The van der Waals surface area contributed by atoms with Crippen molar-refractivity contribution in [3.8, 4) is 6.07 Å². The van der Waals surface area contributed by atoms with Gasteiger partial charge in [0.2, 0.25) is 0 Å². The molecule has 0 saturated heterocycles. The predicted octanol–water partition coefficient (Wildman–Crippen LogP) is 3.01. The molecule has 0 atom stereocenters. The van der Waals surface area contributed by atoms with Gasteiger partial charge in [-0.15, -0.1) is 10.2 Å². The van der Waals surface area contributed by atoms with Gasteiger partial charge in [-0.3, -0.25) is 0 Å². The zero-order valence-electron chi connectivity index (χ0n) is 10.4. The normalized spacial score (nSPS) is 10.5. The number of aromatic nitrogens is 3. The molecule has 94 valence electrons. The zero-order chi connectivity index (χ0) is 13.7. The fourth-order valence-corrected chi connectivity index (χ4v) is 2.10. The van der Waals surface area contributed by atoms with Crippen molar-refractivity contribution >= 4 is 17.3 Å². The molecule has 0 fully saturated rings. The Morgan fingerprint density at radius 1 is 1.53 bits per heavy atom. The van der Waals surface area contributed by atoms with Gasteiger partial charge in [-0.25, -0.2) is 0 Å². The van der Waals surface area contributed by atoms with Crippen LogP contribution in [0.25, 0.3) is 5.57 Å². The Kier molecular flexibility index (Phi) is 4.16. The molecule has 2 rings (SSSR count). The monoisotopic (exact) mass is 268 g/mol. The average Bonchev–Trinajstić information content (AvgIpc) is 2.84. The first-order valence-corrected chi connectivity index (χ1v) is 6.45. The summed E-state index contributed by atoms with van der Waals surface area (Å²) in [5.74, 6) is 0. The summed E-state index contributed by atoms with van der Waals surface area (Å²) in [6, 6.07) is 9.49. The molecule has 1 aromatic carbocycles. The SMILES string of the molecule is C=C(/C=C/Sc1nncn1C)c1cccc(C#N)c1. The van der Waals surface area contributed by atoms with Crippen LogP contribution >= 0.6 is 11.8 Å². The maximum Gasteiger partial charge on any atom is 0.194 e. The number of nitrogens with zero attached hydrogens (tertiary/aromatic N) is 4. The number of aryl methyl sites for hydroxylation is 1. The molecule has 0 amide bonds. The fourth-order valence-electron chi connectivity index (χ4n) is 1.44. The molecule has 0 bridgehead atoms. The molecule has 1 aromatic heterocycles. The smallest absolute Gasteiger partial charge is 0.194 e. The van der Waals surface area contributed by atoms with E-state index < -0.39 is 0 Å². The fraction of sp³-hybridized carbons (Fsp3) is 0.0714. The van der Waals surface area contributed by atoms with Crippen molar-refractivity contribution in [1.82, 2.24) is 14.8 Å². The molecule has 0 aliphatic carbocycles.